The first-order chi connectivity index (χ1) is 11.0. The van der Waals surface area contributed by atoms with Gasteiger partial charge in [-0.05, 0) is 49.9 Å². The second-order valence-electron chi connectivity index (χ2n) is 5.61. The Kier molecular flexibility index (Phi) is 4.25. The number of carbonyl (C=O) groups is 1. The third kappa shape index (κ3) is 3.32. The maximum absolute atomic E-state index is 12.0. The third-order valence-corrected chi connectivity index (χ3v) is 4.46. The van der Waals surface area contributed by atoms with Crippen molar-refractivity contribution in [2.24, 2.45) is 0 Å². The van der Waals surface area contributed by atoms with Gasteiger partial charge in [0.25, 0.3) is 0 Å². The molecule has 3 heterocycles. The number of pyridine rings is 1. The molecule has 0 aromatic carbocycles. The third-order valence-electron chi connectivity index (χ3n) is 3.48. The number of amides is 1. The van der Waals surface area contributed by atoms with Crippen molar-refractivity contribution in [3.63, 3.8) is 0 Å². The van der Waals surface area contributed by atoms with Crippen LogP contribution in [0.4, 0.5) is 5.69 Å². The highest BCUT2D eigenvalue weighted by Crippen LogP contribution is 2.20. The molecule has 0 spiro atoms. The first kappa shape index (κ1) is 15.4. The van der Waals surface area contributed by atoms with Crippen LogP contribution < -0.4 is 5.32 Å². The number of nitrogens with zero attached hydrogens (tertiary/aromatic N) is 3. The van der Waals surface area contributed by atoms with Gasteiger partial charge in [-0.15, -0.1) is 11.3 Å². The van der Waals surface area contributed by atoms with Crippen LogP contribution in [-0.2, 0) is 4.79 Å². The standard InChI is InChI=1S/C17H18N4OS/c1-11(2)21-17-13(9-19-21)8-14(10-18-17)20-16(22)5-4-15-12(3)6-7-23-15/h4-11H,1-3H3,(H,20,22). The Morgan fingerprint density at radius 1 is 1.39 bits per heavy atom. The van der Waals surface area contributed by atoms with Crippen molar-refractivity contribution in [3.05, 3.63) is 46.4 Å². The molecule has 1 N–H and O–H groups in total. The van der Waals surface area contributed by atoms with E-state index in [-0.39, 0.29) is 11.9 Å². The number of thiophene rings is 1. The fraction of sp³-hybridized carbons (Fsp3) is 0.235. The molecule has 0 radical (unpaired) electrons. The quantitative estimate of drug-likeness (QED) is 0.736. The number of aromatic nitrogens is 3. The summed E-state index contributed by atoms with van der Waals surface area (Å²) in [5.41, 5.74) is 2.66. The van der Waals surface area contributed by atoms with Crippen molar-refractivity contribution < 1.29 is 4.79 Å². The molecular weight excluding hydrogens is 308 g/mol. The smallest absolute Gasteiger partial charge is 0.248 e. The first-order valence-corrected chi connectivity index (χ1v) is 8.29. The molecule has 0 fully saturated rings. The number of nitrogens with one attached hydrogen (secondary N) is 1. The molecule has 0 aliphatic rings. The van der Waals surface area contributed by atoms with E-state index >= 15 is 0 Å². The van der Waals surface area contributed by atoms with E-state index in [9.17, 15) is 4.79 Å². The number of hydrogen-bond donors (Lipinski definition) is 1. The van der Waals surface area contributed by atoms with Crippen molar-refractivity contribution in [1.29, 1.82) is 0 Å². The molecule has 0 atom stereocenters. The molecule has 0 saturated carbocycles. The van der Waals surface area contributed by atoms with Crippen molar-refractivity contribution in [2.75, 3.05) is 5.32 Å². The van der Waals surface area contributed by atoms with Crippen LogP contribution in [0.5, 0.6) is 0 Å². The Morgan fingerprint density at radius 3 is 2.91 bits per heavy atom. The van der Waals surface area contributed by atoms with E-state index in [4.69, 9.17) is 0 Å². The number of fused-ring (bicyclic) bond motifs is 1. The normalized spacial score (nSPS) is 11.7. The molecule has 118 valence electrons. The monoisotopic (exact) mass is 326 g/mol. The largest absolute Gasteiger partial charge is 0.321 e. The van der Waals surface area contributed by atoms with E-state index in [1.54, 1.807) is 29.8 Å². The minimum absolute atomic E-state index is 0.171. The number of anilines is 1. The Balaban J connectivity index is 1.75. The van der Waals surface area contributed by atoms with Crippen LogP contribution in [-0.4, -0.2) is 20.7 Å². The van der Waals surface area contributed by atoms with Gasteiger partial charge in [0.05, 0.1) is 18.1 Å². The summed E-state index contributed by atoms with van der Waals surface area (Å²) < 4.78 is 1.86. The molecule has 0 aliphatic carbocycles. The maximum Gasteiger partial charge on any atom is 0.248 e. The van der Waals surface area contributed by atoms with Crippen molar-refractivity contribution in [2.45, 2.75) is 26.8 Å². The topological polar surface area (TPSA) is 59.8 Å². The summed E-state index contributed by atoms with van der Waals surface area (Å²) in [5, 5.41) is 10.1. The molecule has 0 bridgehead atoms. The van der Waals surface area contributed by atoms with Gasteiger partial charge in [0.2, 0.25) is 5.91 Å². The molecule has 3 aromatic rings. The van der Waals surface area contributed by atoms with Crippen molar-refractivity contribution in [1.82, 2.24) is 14.8 Å². The van der Waals surface area contributed by atoms with Gasteiger partial charge < -0.3 is 5.32 Å². The fourth-order valence-corrected chi connectivity index (χ4v) is 3.10. The van der Waals surface area contributed by atoms with Gasteiger partial charge in [0.15, 0.2) is 5.65 Å². The van der Waals surface area contributed by atoms with Gasteiger partial charge in [0.1, 0.15) is 0 Å². The zero-order valence-electron chi connectivity index (χ0n) is 13.3. The molecule has 5 nitrogen and oxygen atoms in total. The van der Waals surface area contributed by atoms with Crippen LogP contribution in [0, 0.1) is 6.92 Å². The summed E-state index contributed by atoms with van der Waals surface area (Å²) in [6.07, 6.45) is 6.80. The molecule has 3 rings (SSSR count). The minimum Gasteiger partial charge on any atom is -0.321 e. The highest BCUT2D eigenvalue weighted by Gasteiger charge is 2.08. The van der Waals surface area contributed by atoms with Gasteiger partial charge in [-0.25, -0.2) is 9.67 Å². The summed E-state index contributed by atoms with van der Waals surface area (Å²) in [4.78, 5) is 17.5. The lowest BCUT2D eigenvalue weighted by Gasteiger charge is -2.06. The van der Waals surface area contributed by atoms with Crippen LogP contribution in [0.2, 0.25) is 0 Å². The Bertz CT molecular complexity index is 876. The predicted molar refractivity (Wildman–Crippen MR) is 94.6 cm³/mol. The molecular formula is C17H18N4OS. The average Bonchev–Trinajstić information content (AvgIpc) is 3.10. The molecule has 6 heteroatoms. The summed E-state index contributed by atoms with van der Waals surface area (Å²) in [7, 11) is 0. The molecule has 3 aromatic heterocycles. The van der Waals surface area contributed by atoms with Crippen LogP contribution >= 0.6 is 11.3 Å². The van der Waals surface area contributed by atoms with Gasteiger partial charge in [-0.2, -0.15) is 5.10 Å². The lowest BCUT2D eigenvalue weighted by molar-refractivity contribution is -0.111. The van der Waals surface area contributed by atoms with Crippen LogP contribution in [0.15, 0.2) is 36.0 Å². The highest BCUT2D eigenvalue weighted by molar-refractivity contribution is 7.11. The van der Waals surface area contributed by atoms with Crippen LogP contribution in [0.25, 0.3) is 17.1 Å². The highest BCUT2D eigenvalue weighted by atomic mass is 32.1. The van der Waals surface area contributed by atoms with E-state index in [2.05, 4.69) is 29.2 Å². The summed E-state index contributed by atoms with van der Waals surface area (Å²) in [6, 6.07) is 4.17. The molecule has 0 unspecified atom stereocenters. The molecule has 23 heavy (non-hydrogen) atoms. The Labute approximate surface area is 138 Å². The van der Waals surface area contributed by atoms with E-state index in [0.717, 1.165) is 15.9 Å². The van der Waals surface area contributed by atoms with Gasteiger partial charge >= 0.3 is 0 Å². The lowest BCUT2D eigenvalue weighted by atomic mass is 10.2. The predicted octanol–water partition coefficient (Wildman–Crippen LogP) is 4.03. The Morgan fingerprint density at radius 2 is 2.22 bits per heavy atom. The fourth-order valence-electron chi connectivity index (χ4n) is 2.28. The van der Waals surface area contributed by atoms with E-state index in [0.29, 0.717) is 5.69 Å². The zero-order valence-corrected chi connectivity index (χ0v) is 14.1. The number of aryl methyl sites for hydroxylation is 1. The second kappa shape index (κ2) is 6.34. The van der Waals surface area contributed by atoms with Crippen molar-refractivity contribution in [3.8, 4) is 0 Å². The van der Waals surface area contributed by atoms with E-state index < -0.39 is 0 Å². The van der Waals surface area contributed by atoms with Gasteiger partial charge in [-0.3, -0.25) is 4.79 Å². The molecule has 0 saturated heterocycles. The summed E-state index contributed by atoms with van der Waals surface area (Å²) >= 11 is 1.61. The summed E-state index contributed by atoms with van der Waals surface area (Å²) in [6.45, 7) is 6.14. The number of rotatable bonds is 4. The van der Waals surface area contributed by atoms with E-state index in [1.807, 2.05) is 35.2 Å². The van der Waals surface area contributed by atoms with Crippen LogP contribution in [0.1, 0.15) is 30.3 Å². The van der Waals surface area contributed by atoms with E-state index in [1.165, 1.54) is 5.56 Å². The summed E-state index contributed by atoms with van der Waals surface area (Å²) in [5.74, 6) is -0.171. The SMILES string of the molecule is Cc1ccsc1C=CC(=O)Nc1cnc2c(cnn2C(C)C)c1. The first-order valence-electron chi connectivity index (χ1n) is 7.41. The molecule has 0 aliphatic heterocycles. The van der Waals surface area contributed by atoms with Crippen molar-refractivity contribution >= 4 is 40.0 Å². The lowest BCUT2D eigenvalue weighted by Crippen LogP contribution is -2.08. The Hall–Kier alpha value is -2.47. The van der Waals surface area contributed by atoms with Crippen LogP contribution in [0.3, 0.4) is 0 Å². The zero-order chi connectivity index (χ0) is 16.4. The number of hydrogen-bond acceptors (Lipinski definition) is 4. The minimum atomic E-state index is -0.171. The number of carbonyl (C=O) groups excluding carboxylic acids is 1. The average molecular weight is 326 g/mol. The maximum atomic E-state index is 12.0. The second-order valence-corrected chi connectivity index (χ2v) is 6.56. The van der Waals surface area contributed by atoms with Gasteiger partial charge in [-0.1, -0.05) is 0 Å². The van der Waals surface area contributed by atoms with Gasteiger partial charge in [0, 0.05) is 22.4 Å². The molecule has 1 amide bonds.